The highest BCUT2D eigenvalue weighted by Crippen LogP contribution is 1.93. The molecule has 0 saturated heterocycles. The molecule has 0 aromatic carbocycles. The first-order valence-electron chi connectivity index (χ1n) is 6.25. The lowest BCUT2D eigenvalue weighted by Gasteiger charge is -2.20. The van der Waals surface area contributed by atoms with Crippen LogP contribution < -0.4 is 10.6 Å². The van der Waals surface area contributed by atoms with Crippen LogP contribution in [0.4, 0.5) is 0 Å². The number of carbonyl (C=O) groups is 1. The first-order valence-corrected chi connectivity index (χ1v) is 6.25. The maximum Gasteiger partial charge on any atom is 0.233 e. The lowest BCUT2D eigenvalue weighted by molar-refractivity contribution is -0.120. The van der Waals surface area contributed by atoms with Crippen molar-refractivity contribution >= 4 is 5.91 Å². The predicted molar refractivity (Wildman–Crippen MR) is 68.6 cm³/mol. The van der Waals surface area contributed by atoms with E-state index in [1.165, 1.54) is 0 Å². The highest BCUT2D eigenvalue weighted by atomic mass is 16.1. The van der Waals surface area contributed by atoms with Crippen LogP contribution in [-0.2, 0) is 4.79 Å². The first kappa shape index (κ1) is 15.4. The Morgan fingerprint density at radius 2 is 2.00 bits per heavy atom. The summed E-state index contributed by atoms with van der Waals surface area (Å²) in [5.41, 5.74) is 0. The summed E-state index contributed by atoms with van der Waals surface area (Å²) < 4.78 is 0. The second kappa shape index (κ2) is 9.60. The predicted octanol–water partition coefficient (Wildman–Crippen LogP) is 0.833. The number of nitrogens with zero attached hydrogens (tertiary/aromatic N) is 1. The topological polar surface area (TPSA) is 44.4 Å². The Hall–Kier alpha value is -0.610. The molecule has 96 valence electrons. The lowest BCUT2D eigenvalue weighted by atomic mass is 10.3. The van der Waals surface area contributed by atoms with Gasteiger partial charge in [0.1, 0.15) is 0 Å². The maximum absolute atomic E-state index is 11.2. The van der Waals surface area contributed by atoms with Gasteiger partial charge in [0.15, 0.2) is 0 Å². The summed E-state index contributed by atoms with van der Waals surface area (Å²) in [5, 5.41) is 5.99. The quantitative estimate of drug-likeness (QED) is 0.576. The molecule has 0 heterocycles. The van der Waals surface area contributed by atoms with Gasteiger partial charge in [0.25, 0.3) is 0 Å². The van der Waals surface area contributed by atoms with Crippen molar-refractivity contribution in [3.63, 3.8) is 0 Å². The average Bonchev–Trinajstić information content (AvgIpc) is 2.25. The van der Waals surface area contributed by atoms with Crippen LogP contribution in [0.2, 0.25) is 0 Å². The summed E-state index contributed by atoms with van der Waals surface area (Å²) in [7, 11) is 2.12. The molecular formula is C12H27N3O. The summed E-state index contributed by atoms with van der Waals surface area (Å²) in [6.45, 7) is 9.60. The van der Waals surface area contributed by atoms with Crippen LogP contribution in [0.3, 0.4) is 0 Å². The third-order valence-corrected chi connectivity index (χ3v) is 2.60. The van der Waals surface area contributed by atoms with Gasteiger partial charge in [-0.05, 0) is 46.8 Å². The van der Waals surface area contributed by atoms with E-state index in [1.54, 1.807) is 0 Å². The van der Waals surface area contributed by atoms with Gasteiger partial charge >= 0.3 is 0 Å². The summed E-state index contributed by atoms with van der Waals surface area (Å²) in [6.07, 6.45) is 2.07. The fourth-order valence-corrected chi connectivity index (χ4v) is 1.24. The minimum atomic E-state index is 0.0964. The van der Waals surface area contributed by atoms with Gasteiger partial charge in [-0.2, -0.15) is 0 Å². The van der Waals surface area contributed by atoms with Crippen LogP contribution in [0, 0.1) is 0 Å². The second-order valence-corrected chi connectivity index (χ2v) is 4.45. The zero-order valence-corrected chi connectivity index (χ0v) is 11.2. The molecular weight excluding hydrogens is 202 g/mol. The Balaban J connectivity index is 3.30. The van der Waals surface area contributed by atoms with E-state index in [0.717, 1.165) is 32.5 Å². The Labute approximate surface area is 99.8 Å². The van der Waals surface area contributed by atoms with E-state index < -0.39 is 0 Å². The minimum Gasteiger partial charge on any atom is -0.355 e. The molecule has 0 bridgehead atoms. The van der Waals surface area contributed by atoms with Gasteiger partial charge in [-0.25, -0.2) is 0 Å². The maximum atomic E-state index is 11.2. The largest absolute Gasteiger partial charge is 0.355 e. The van der Waals surface area contributed by atoms with Crippen molar-refractivity contribution in [2.24, 2.45) is 0 Å². The van der Waals surface area contributed by atoms with Crippen LogP contribution in [0.25, 0.3) is 0 Å². The zero-order chi connectivity index (χ0) is 12.4. The standard InChI is InChI=1S/C12H27N3O/c1-5-7-14-12(16)10-13-8-6-9-15(4)11(2)3/h11,13H,5-10H2,1-4H3,(H,14,16). The van der Waals surface area contributed by atoms with Gasteiger partial charge in [0, 0.05) is 12.6 Å². The number of rotatable bonds is 9. The van der Waals surface area contributed by atoms with E-state index in [-0.39, 0.29) is 5.91 Å². The third-order valence-electron chi connectivity index (χ3n) is 2.60. The molecule has 2 N–H and O–H groups in total. The summed E-state index contributed by atoms with van der Waals surface area (Å²) in [5.74, 6) is 0.0964. The highest BCUT2D eigenvalue weighted by molar-refractivity contribution is 5.77. The van der Waals surface area contributed by atoms with E-state index in [9.17, 15) is 4.79 Å². The second-order valence-electron chi connectivity index (χ2n) is 4.45. The van der Waals surface area contributed by atoms with Crippen molar-refractivity contribution in [1.29, 1.82) is 0 Å². The van der Waals surface area contributed by atoms with E-state index in [4.69, 9.17) is 0 Å². The van der Waals surface area contributed by atoms with E-state index in [2.05, 4.69) is 43.4 Å². The average molecular weight is 229 g/mol. The van der Waals surface area contributed by atoms with E-state index >= 15 is 0 Å². The number of hydrogen-bond donors (Lipinski definition) is 2. The molecule has 0 aromatic rings. The van der Waals surface area contributed by atoms with Crippen LogP contribution >= 0.6 is 0 Å². The molecule has 0 fully saturated rings. The number of hydrogen-bond acceptors (Lipinski definition) is 3. The van der Waals surface area contributed by atoms with Crippen molar-refractivity contribution in [3.05, 3.63) is 0 Å². The first-order chi connectivity index (χ1) is 7.57. The molecule has 0 aliphatic heterocycles. The van der Waals surface area contributed by atoms with Crippen LogP contribution in [0.1, 0.15) is 33.6 Å². The summed E-state index contributed by atoms with van der Waals surface area (Å²) >= 11 is 0. The molecule has 16 heavy (non-hydrogen) atoms. The summed E-state index contributed by atoms with van der Waals surface area (Å²) in [6, 6.07) is 0.591. The van der Waals surface area contributed by atoms with Crippen molar-refractivity contribution < 1.29 is 4.79 Å². The normalized spacial score (nSPS) is 11.1. The fourth-order valence-electron chi connectivity index (χ4n) is 1.24. The van der Waals surface area contributed by atoms with Gasteiger partial charge < -0.3 is 15.5 Å². The molecule has 0 unspecified atom stereocenters. The fraction of sp³-hybridized carbons (Fsp3) is 0.917. The van der Waals surface area contributed by atoms with E-state index in [1.807, 2.05) is 0 Å². The molecule has 0 aliphatic carbocycles. The molecule has 0 radical (unpaired) electrons. The van der Waals surface area contributed by atoms with Crippen LogP contribution in [0.15, 0.2) is 0 Å². The molecule has 4 nitrogen and oxygen atoms in total. The lowest BCUT2D eigenvalue weighted by Crippen LogP contribution is -2.35. The van der Waals surface area contributed by atoms with Gasteiger partial charge in [0.2, 0.25) is 5.91 Å². The Morgan fingerprint density at radius 1 is 1.31 bits per heavy atom. The molecule has 0 spiro atoms. The molecule has 0 rings (SSSR count). The molecule has 0 aromatic heterocycles. The SMILES string of the molecule is CCCNC(=O)CNCCCN(C)C(C)C. The molecule has 1 amide bonds. The van der Waals surface area contributed by atoms with Crippen LogP contribution in [0.5, 0.6) is 0 Å². The molecule has 0 aliphatic rings. The number of nitrogens with one attached hydrogen (secondary N) is 2. The smallest absolute Gasteiger partial charge is 0.233 e. The summed E-state index contributed by atoms with van der Waals surface area (Å²) in [4.78, 5) is 13.5. The minimum absolute atomic E-state index is 0.0964. The Kier molecular flexibility index (Phi) is 9.24. The molecule has 0 atom stereocenters. The molecule has 0 saturated carbocycles. The van der Waals surface area contributed by atoms with Crippen molar-refractivity contribution in [1.82, 2.24) is 15.5 Å². The van der Waals surface area contributed by atoms with Crippen molar-refractivity contribution in [2.75, 3.05) is 33.2 Å². The van der Waals surface area contributed by atoms with E-state index in [0.29, 0.717) is 12.6 Å². The number of carbonyl (C=O) groups excluding carboxylic acids is 1. The van der Waals surface area contributed by atoms with Crippen molar-refractivity contribution in [3.8, 4) is 0 Å². The monoisotopic (exact) mass is 229 g/mol. The zero-order valence-electron chi connectivity index (χ0n) is 11.2. The third kappa shape index (κ3) is 8.68. The van der Waals surface area contributed by atoms with Crippen LogP contribution in [-0.4, -0.2) is 50.1 Å². The Bertz CT molecular complexity index is 183. The van der Waals surface area contributed by atoms with Gasteiger partial charge in [0.05, 0.1) is 6.54 Å². The Morgan fingerprint density at radius 3 is 2.56 bits per heavy atom. The number of amides is 1. The highest BCUT2D eigenvalue weighted by Gasteiger charge is 2.02. The van der Waals surface area contributed by atoms with Gasteiger partial charge in [-0.3, -0.25) is 4.79 Å². The van der Waals surface area contributed by atoms with Gasteiger partial charge in [-0.15, -0.1) is 0 Å². The van der Waals surface area contributed by atoms with Crippen molar-refractivity contribution in [2.45, 2.75) is 39.7 Å². The molecule has 4 heteroatoms. The van der Waals surface area contributed by atoms with Gasteiger partial charge in [-0.1, -0.05) is 6.92 Å².